The lowest BCUT2D eigenvalue weighted by atomic mass is 9.41. The van der Waals surface area contributed by atoms with Gasteiger partial charge in [0.25, 0.3) is 0 Å². The Balaban J connectivity index is 1.40. The summed E-state index contributed by atoms with van der Waals surface area (Å²) in [4.78, 5) is 37.0. The summed E-state index contributed by atoms with van der Waals surface area (Å²) >= 11 is 0. The normalized spacial score (nSPS) is 48.8. The molecule has 0 aliphatic heterocycles. The predicted molar refractivity (Wildman–Crippen MR) is 143 cm³/mol. The number of carboxylic acid groups (broad SMARTS) is 1. The lowest BCUT2D eigenvalue weighted by molar-refractivity contribution is -0.198. The average Bonchev–Trinajstić information content (AvgIpc) is 3.41. The number of rotatable bonds is 7. The topological polar surface area (TPSA) is 80.7 Å². The van der Waals surface area contributed by atoms with Gasteiger partial charge in [-0.25, -0.2) is 0 Å². The highest BCUT2D eigenvalue weighted by molar-refractivity contribution is 5.80. The summed E-state index contributed by atoms with van der Waals surface area (Å²) in [5, 5.41) is 10.5. The summed E-state index contributed by atoms with van der Waals surface area (Å²) in [6.07, 6.45) is 11.0. The molecular formula is C32H50O5. The van der Waals surface area contributed by atoms with Gasteiger partial charge in [-0.15, -0.1) is 0 Å². The molecule has 5 heteroatoms. The van der Waals surface area contributed by atoms with Crippen LogP contribution in [0.3, 0.4) is 0 Å². The summed E-state index contributed by atoms with van der Waals surface area (Å²) < 4.78 is 5.67. The number of carbonyl (C=O) groups excluding carboxylic acids is 2. The Bertz CT molecular complexity index is 988. The number of ether oxygens (including phenoxy) is 1. The van der Waals surface area contributed by atoms with Crippen LogP contribution in [-0.4, -0.2) is 28.9 Å². The molecule has 0 aromatic carbocycles. The van der Waals surface area contributed by atoms with E-state index in [9.17, 15) is 19.5 Å². The highest BCUT2D eigenvalue weighted by Crippen LogP contribution is 2.89. The molecule has 5 nitrogen and oxygen atoms in total. The molecule has 0 bridgehead atoms. The van der Waals surface area contributed by atoms with E-state index in [1.165, 1.54) is 39.0 Å². The zero-order valence-corrected chi connectivity index (χ0v) is 24.3. The fourth-order valence-corrected chi connectivity index (χ4v) is 11.5. The second-order valence-electron chi connectivity index (χ2n) is 15.0. The van der Waals surface area contributed by atoms with Crippen LogP contribution in [-0.2, 0) is 19.1 Å². The molecule has 37 heavy (non-hydrogen) atoms. The molecule has 2 spiro atoms. The first-order valence-corrected chi connectivity index (χ1v) is 15.1. The molecule has 0 radical (unpaired) electrons. The van der Waals surface area contributed by atoms with E-state index >= 15 is 0 Å². The van der Waals surface area contributed by atoms with Crippen molar-refractivity contribution >= 4 is 17.7 Å². The minimum absolute atomic E-state index is 0.0815. The van der Waals surface area contributed by atoms with Crippen LogP contribution in [0.25, 0.3) is 0 Å². The molecule has 1 N–H and O–H groups in total. The number of fused-ring (bicyclic) bond motifs is 2. The first-order valence-electron chi connectivity index (χ1n) is 15.1. The minimum Gasteiger partial charge on any atom is -0.481 e. The Morgan fingerprint density at radius 2 is 1.51 bits per heavy atom. The highest BCUT2D eigenvalue weighted by atomic mass is 16.5. The Labute approximate surface area is 223 Å². The van der Waals surface area contributed by atoms with Gasteiger partial charge in [-0.3, -0.25) is 14.4 Å². The molecule has 5 fully saturated rings. The average molecular weight is 515 g/mol. The van der Waals surface area contributed by atoms with Gasteiger partial charge in [0.05, 0.1) is 0 Å². The fourth-order valence-electron chi connectivity index (χ4n) is 11.5. The first-order chi connectivity index (χ1) is 17.2. The van der Waals surface area contributed by atoms with Gasteiger partial charge in [0.1, 0.15) is 17.3 Å². The van der Waals surface area contributed by atoms with Crippen molar-refractivity contribution in [2.45, 2.75) is 125 Å². The van der Waals surface area contributed by atoms with E-state index < -0.39 is 17.5 Å². The zero-order valence-electron chi connectivity index (χ0n) is 24.3. The molecule has 5 aliphatic carbocycles. The van der Waals surface area contributed by atoms with Crippen LogP contribution in [0, 0.1) is 56.7 Å². The summed E-state index contributed by atoms with van der Waals surface area (Å²) in [7, 11) is 0. The fraction of sp³-hybridized carbons (Fsp3) is 0.906. The maximum Gasteiger partial charge on any atom is 0.313 e. The van der Waals surface area contributed by atoms with Crippen molar-refractivity contribution in [3.8, 4) is 0 Å². The van der Waals surface area contributed by atoms with Gasteiger partial charge >= 0.3 is 11.9 Å². The van der Waals surface area contributed by atoms with Gasteiger partial charge in [0.2, 0.25) is 0 Å². The number of hydrogen-bond donors (Lipinski definition) is 1. The number of hydrogen-bond acceptors (Lipinski definition) is 4. The van der Waals surface area contributed by atoms with Crippen LogP contribution >= 0.6 is 0 Å². The molecule has 5 saturated carbocycles. The van der Waals surface area contributed by atoms with E-state index in [-0.39, 0.29) is 39.5 Å². The lowest BCUT2D eigenvalue weighted by Gasteiger charge is -2.63. The second-order valence-corrected chi connectivity index (χ2v) is 15.0. The van der Waals surface area contributed by atoms with E-state index in [1.54, 1.807) is 0 Å². The van der Waals surface area contributed by atoms with E-state index in [2.05, 4.69) is 20.8 Å². The summed E-state index contributed by atoms with van der Waals surface area (Å²) in [5.41, 5.74) is -0.0983. The third-order valence-corrected chi connectivity index (χ3v) is 13.7. The largest absolute Gasteiger partial charge is 0.481 e. The Kier molecular flexibility index (Phi) is 6.28. The van der Waals surface area contributed by atoms with Crippen LogP contribution < -0.4 is 0 Å². The van der Waals surface area contributed by atoms with Gasteiger partial charge in [0.15, 0.2) is 0 Å². The molecule has 0 saturated heterocycles. The van der Waals surface area contributed by atoms with Crippen LogP contribution in [0.4, 0.5) is 0 Å². The molecule has 0 aromatic rings. The van der Waals surface area contributed by atoms with Crippen molar-refractivity contribution in [3.05, 3.63) is 0 Å². The molecule has 5 aliphatic rings. The quantitative estimate of drug-likeness (QED) is 0.368. The van der Waals surface area contributed by atoms with E-state index in [0.717, 1.165) is 25.7 Å². The third kappa shape index (κ3) is 3.43. The van der Waals surface area contributed by atoms with Crippen molar-refractivity contribution in [1.82, 2.24) is 0 Å². The van der Waals surface area contributed by atoms with E-state index in [4.69, 9.17) is 4.74 Å². The molecule has 5 rings (SSSR count). The van der Waals surface area contributed by atoms with Crippen molar-refractivity contribution in [3.63, 3.8) is 0 Å². The minimum atomic E-state index is -1.00. The van der Waals surface area contributed by atoms with Gasteiger partial charge in [-0.2, -0.15) is 0 Å². The van der Waals surface area contributed by atoms with Crippen LogP contribution in [0.2, 0.25) is 0 Å². The summed E-state index contributed by atoms with van der Waals surface area (Å²) in [6, 6.07) is 0. The Morgan fingerprint density at radius 1 is 0.865 bits per heavy atom. The van der Waals surface area contributed by atoms with Crippen LogP contribution in [0.15, 0.2) is 0 Å². The zero-order chi connectivity index (χ0) is 27.2. The second kappa shape index (κ2) is 8.55. The number of esters is 1. The van der Waals surface area contributed by atoms with E-state index in [0.29, 0.717) is 36.4 Å². The lowest BCUT2D eigenvalue weighted by Crippen LogP contribution is -2.60. The van der Waals surface area contributed by atoms with Crippen LogP contribution in [0.1, 0.15) is 119 Å². The van der Waals surface area contributed by atoms with E-state index in [1.807, 2.05) is 20.8 Å². The SMILES string of the molecule is CC(=O)O[C@H]1CC[C@]23C[C@]24CC[C@]2(C)[C@@H]([C@H](C)CCC(=O)C(C)C)CC[C@@]2(C)C4CC[C@H]3[C@]1(C)C(=O)O. The van der Waals surface area contributed by atoms with Crippen LogP contribution in [0.5, 0.6) is 0 Å². The molecule has 0 heterocycles. The Hall–Kier alpha value is -1.39. The van der Waals surface area contributed by atoms with Crippen molar-refractivity contribution < 1.29 is 24.2 Å². The Morgan fingerprint density at radius 3 is 2.14 bits per heavy atom. The number of ketones is 1. The number of aliphatic carboxylic acids is 1. The maximum absolute atomic E-state index is 12.8. The van der Waals surface area contributed by atoms with Crippen molar-refractivity contribution in [2.24, 2.45) is 56.7 Å². The van der Waals surface area contributed by atoms with Crippen molar-refractivity contribution in [2.75, 3.05) is 0 Å². The monoisotopic (exact) mass is 514 g/mol. The highest BCUT2D eigenvalue weighted by Gasteiger charge is 2.83. The first kappa shape index (κ1) is 27.2. The molecule has 1 unspecified atom stereocenters. The standard InChI is InChI=1S/C32H50O5/c1-19(2)23(34)9-8-20(3)22-12-14-29(6)24-10-11-25-30(7,27(35)36)26(37-21(4)33)13-15-31(25)18-32(24,31)17-16-28(22,29)5/h19-20,22,24-26H,8-18H2,1-7H3,(H,35,36)/t20-,22-,24?,25+,26+,28-,29+,30+,31-,32+/m1/s1. The van der Waals surface area contributed by atoms with Crippen molar-refractivity contribution in [1.29, 1.82) is 0 Å². The molecule has 0 aromatic heterocycles. The maximum atomic E-state index is 12.8. The third-order valence-electron chi connectivity index (χ3n) is 13.7. The van der Waals surface area contributed by atoms with Gasteiger partial charge in [-0.1, -0.05) is 34.6 Å². The molecule has 208 valence electrons. The molecule has 0 amide bonds. The van der Waals surface area contributed by atoms with Gasteiger partial charge < -0.3 is 9.84 Å². The number of carbonyl (C=O) groups is 3. The predicted octanol–water partition coefficient (Wildman–Crippen LogP) is 7.06. The number of Topliss-reactive ketones (excluding diaryl/α,β-unsaturated/α-hetero) is 1. The number of carboxylic acids is 1. The summed E-state index contributed by atoms with van der Waals surface area (Å²) in [5.74, 6) is 1.31. The molecular weight excluding hydrogens is 464 g/mol. The smallest absolute Gasteiger partial charge is 0.313 e. The van der Waals surface area contributed by atoms with Gasteiger partial charge in [-0.05, 0) is 116 Å². The van der Waals surface area contributed by atoms with Gasteiger partial charge in [0, 0.05) is 19.3 Å². The molecule has 10 atom stereocenters. The summed E-state index contributed by atoms with van der Waals surface area (Å²) in [6.45, 7) is 14.8.